The maximum atomic E-state index is 12.4. The number of aryl methyl sites for hydroxylation is 1. The summed E-state index contributed by atoms with van der Waals surface area (Å²) in [6.45, 7) is 1.69. The first-order valence-corrected chi connectivity index (χ1v) is 8.59. The van der Waals surface area contributed by atoms with Gasteiger partial charge >= 0.3 is 5.97 Å². The number of nitrogens with one attached hydrogen (secondary N) is 1. The van der Waals surface area contributed by atoms with Crippen molar-refractivity contribution in [2.24, 2.45) is 0 Å². The summed E-state index contributed by atoms with van der Waals surface area (Å²) in [5, 5.41) is 2.74. The van der Waals surface area contributed by atoms with Crippen molar-refractivity contribution in [2.45, 2.75) is 25.2 Å². The fourth-order valence-corrected chi connectivity index (χ4v) is 3.26. The lowest BCUT2D eigenvalue weighted by atomic mass is 9.96. The lowest BCUT2D eigenvalue weighted by molar-refractivity contribution is -0.150. The van der Waals surface area contributed by atoms with E-state index < -0.39 is 5.41 Å². The molecule has 2 aromatic rings. The van der Waals surface area contributed by atoms with E-state index in [-0.39, 0.29) is 18.5 Å². The second-order valence-electron chi connectivity index (χ2n) is 6.06. The third kappa shape index (κ3) is 3.51. The van der Waals surface area contributed by atoms with Crippen LogP contribution in [0, 0.1) is 6.92 Å². The number of amides is 1. The molecule has 5 heteroatoms. The Hall–Kier alpha value is -2.14. The van der Waals surface area contributed by atoms with Crippen LogP contribution in [0.5, 0.6) is 0 Å². The zero-order valence-electron chi connectivity index (χ0n) is 13.3. The predicted octanol–water partition coefficient (Wildman–Crippen LogP) is 3.97. The molecule has 0 spiro atoms. The van der Waals surface area contributed by atoms with Crippen LogP contribution < -0.4 is 5.32 Å². The second kappa shape index (κ2) is 6.77. The minimum absolute atomic E-state index is 0.284. The summed E-state index contributed by atoms with van der Waals surface area (Å²) >= 11 is 3.41. The van der Waals surface area contributed by atoms with E-state index >= 15 is 0 Å². The van der Waals surface area contributed by atoms with Gasteiger partial charge in [0.05, 0.1) is 11.1 Å². The topological polar surface area (TPSA) is 55.4 Å². The van der Waals surface area contributed by atoms with Gasteiger partial charge in [0.25, 0.3) is 5.91 Å². The monoisotopic (exact) mass is 387 g/mol. The third-order valence-corrected chi connectivity index (χ3v) is 4.86. The van der Waals surface area contributed by atoms with Gasteiger partial charge < -0.3 is 10.1 Å². The van der Waals surface area contributed by atoms with Gasteiger partial charge in [-0.15, -0.1) is 0 Å². The number of esters is 1. The molecule has 0 saturated heterocycles. The molecule has 0 radical (unpaired) electrons. The maximum Gasteiger partial charge on any atom is 0.317 e. The molecule has 1 aliphatic carbocycles. The summed E-state index contributed by atoms with van der Waals surface area (Å²) in [6, 6.07) is 15.2. The van der Waals surface area contributed by atoms with Gasteiger partial charge in [-0.1, -0.05) is 36.4 Å². The molecule has 0 aliphatic heterocycles. The van der Waals surface area contributed by atoms with E-state index in [1.54, 1.807) is 0 Å². The molecule has 0 heterocycles. The van der Waals surface area contributed by atoms with Gasteiger partial charge in [-0.2, -0.15) is 0 Å². The molecule has 0 aromatic heterocycles. The largest absolute Gasteiger partial charge is 0.455 e. The van der Waals surface area contributed by atoms with Crippen LogP contribution in [-0.4, -0.2) is 18.5 Å². The number of carbonyl (C=O) groups excluding carboxylic acids is 2. The van der Waals surface area contributed by atoms with Crippen LogP contribution in [0.1, 0.15) is 24.0 Å². The van der Waals surface area contributed by atoms with Crippen molar-refractivity contribution < 1.29 is 14.3 Å². The maximum absolute atomic E-state index is 12.4. The summed E-state index contributed by atoms with van der Waals surface area (Å²) in [7, 11) is 0. The van der Waals surface area contributed by atoms with Crippen molar-refractivity contribution in [3.8, 4) is 0 Å². The zero-order chi connectivity index (χ0) is 17.2. The molecule has 124 valence electrons. The van der Waals surface area contributed by atoms with Crippen LogP contribution in [0.25, 0.3) is 0 Å². The minimum atomic E-state index is -0.564. The number of anilines is 1. The molecule has 3 rings (SSSR count). The Morgan fingerprint density at radius 3 is 2.50 bits per heavy atom. The van der Waals surface area contributed by atoms with Crippen LogP contribution >= 0.6 is 15.9 Å². The third-order valence-electron chi connectivity index (χ3n) is 4.20. The highest BCUT2D eigenvalue weighted by Crippen LogP contribution is 2.49. The van der Waals surface area contributed by atoms with Gasteiger partial charge in [-0.05, 0) is 59.0 Å². The van der Waals surface area contributed by atoms with E-state index in [1.807, 2.05) is 55.5 Å². The molecule has 1 N–H and O–H groups in total. The van der Waals surface area contributed by atoms with Gasteiger partial charge in [0.1, 0.15) is 0 Å². The molecular formula is C19H18BrNO3. The summed E-state index contributed by atoms with van der Waals surface area (Å²) in [5.74, 6) is -0.677. The fourth-order valence-electron chi connectivity index (χ4n) is 2.67. The molecule has 0 unspecified atom stereocenters. The molecule has 4 nitrogen and oxygen atoms in total. The van der Waals surface area contributed by atoms with Gasteiger partial charge in [-0.3, -0.25) is 9.59 Å². The molecule has 1 amide bonds. The van der Waals surface area contributed by atoms with Crippen molar-refractivity contribution in [1.82, 2.24) is 0 Å². The molecule has 0 bridgehead atoms. The molecule has 2 aromatic carbocycles. The lowest BCUT2D eigenvalue weighted by Crippen LogP contribution is -2.28. The average molecular weight is 388 g/mol. The summed E-state index contributed by atoms with van der Waals surface area (Å²) in [6.07, 6.45) is 1.53. The number of hydrogen-bond acceptors (Lipinski definition) is 3. The normalized spacial score (nSPS) is 14.8. The second-order valence-corrected chi connectivity index (χ2v) is 6.91. The number of benzene rings is 2. The van der Waals surface area contributed by atoms with Crippen molar-refractivity contribution >= 4 is 33.5 Å². The Morgan fingerprint density at radius 2 is 1.88 bits per heavy atom. The average Bonchev–Trinajstić information content (AvgIpc) is 3.38. The van der Waals surface area contributed by atoms with Crippen LogP contribution in [0.15, 0.2) is 53.0 Å². The molecule has 1 saturated carbocycles. The zero-order valence-corrected chi connectivity index (χ0v) is 14.9. The highest BCUT2D eigenvalue weighted by molar-refractivity contribution is 9.10. The van der Waals surface area contributed by atoms with Gasteiger partial charge in [0.2, 0.25) is 0 Å². The van der Waals surface area contributed by atoms with E-state index in [0.29, 0.717) is 5.69 Å². The van der Waals surface area contributed by atoms with Crippen molar-refractivity contribution in [1.29, 1.82) is 0 Å². The molecule has 24 heavy (non-hydrogen) atoms. The van der Waals surface area contributed by atoms with Gasteiger partial charge in [0, 0.05) is 4.47 Å². The number of hydrogen-bond donors (Lipinski definition) is 1. The smallest absolute Gasteiger partial charge is 0.317 e. The Labute approximate surface area is 149 Å². The standard InChI is InChI=1S/C19H18BrNO3/c1-13-7-8-16(15(20)11-13)21-17(22)12-24-18(23)19(9-10-19)14-5-3-2-4-6-14/h2-8,11H,9-10,12H2,1H3,(H,21,22). The first-order chi connectivity index (χ1) is 11.5. The fraction of sp³-hybridized carbons (Fsp3) is 0.263. The summed E-state index contributed by atoms with van der Waals surface area (Å²) < 4.78 is 6.05. The van der Waals surface area contributed by atoms with Crippen LogP contribution in [0.3, 0.4) is 0 Å². The first-order valence-electron chi connectivity index (χ1n) is 7.80. The van der Waals surface area contributed by atoms with Crippen molar-refractivity contribution in [3.63, 3.8) is 0 Å². The van der Waals surface area contributed by atoms with Crippen LogP contribution in [-0.2, 0) is 19.7 Å². The van der Waals surface area contributed by atoms with E-state index in [2.05, 4.69) is 21.2 Å². The van der Waals surface area contributed by atoms with Gasteiger partial charge in [0.15, 0.2) is 6.61 Å². The van der Waals surface area contributed by atoms with Crippen molar-refractivity contribution in [3.05, 3.63) is 64.1 Å². The van der Waals surface area contributed by atoms with E-state index in [0.717, 1.165) is 28.4 Å². The van der Waals surface area contributed by atoms with Crippen molar-refractivity contribution in [2.75, 3.05) is 11.9 Å². The van der Waals surface area contributed by atoms with Gasteiger partial charge in [-0.25, -0.2) is 0 Å². The quantitative estimate of drug-likeness (QED) is 0.789. The van der Waals surface area contributed by atoms with E-state index in [9.17, 15) is 9.59 Å². The summed E-state index contributed by atoms with van der Waals surface area (Å²) in [5.41, 5.74) is 2.14. The number of carbonyl (C=O) groups is 2. The molecule has 0 atom stereocenters. The van der Waals surface area contributed by atoms with E-state index in [4.69, 9.17) is 4.74 Å². The number of ether oxygens (including phenoxy) is 1. The SMILES string of the molecule is Cc1ccc(NC(=O)COC(=O)C2(c3ccccc3)CC2)c(Br)c1. The Kier molecular flexibility index (Phi) is 4.71. The number of halogens is 1. The molecular weight excluding hydrogens is 370 g/mol. The highest BCUT2D eigenvalue weighted by Gasteiger charge is 2.52. The Morgan fingerprint density at radius 1 is 1.17 bits per heavy atom. The predicted molar refractivity (Wildman–Crippen MR) is 95.8 cm³/mol. The van der Waals surface area contributed by atoms with E-state index in [1.165, 1.54) is 0 Å². The molecule has 1 fully saturated rings. The van der Waals surface area contributed by atoms with Crippen LogP contribution in [0.2, 0.25) is 0 Å². The Bertz CT molecular complexity index is 769. The minimum Gasteiger partial charge on any atom is -0.455 e. The van der Waals surface area contributed by atoms with Crippen LogP contribution in [0.4, 0.5) is 5.69 Å². The highest BCUT2D eigenvalue weighted by atomic mass is 79.9. The summed E-state index contributed by atoms with van der Waals surface area (Å²) in [4.78, 5) is 24.4. The lowest BCUT2D eigenvalue weighted by Gasteiger charge is -2.15. The first kappa shape index (κ1) is 16.7. The molecule has 1 aliphatic rings. The Balaban J connectivity index is 1.58. The number of rotatable bonds is 5.